The molecule has 0 aromatic heterocycles. The average Bonchev–Trinajstić information content (AvgIpc) is 2.74. The summed E-state index contributed by atoms with van der Waals surface area (Å²) < 4.78 is 5.33. The number of alkyl carbamates (subject to hydrolysis) is 1. The highest BCUT2D eigenvalue weighted by Crippen LogP contribution is 2.29. The van der Waals surface area contributed by atoms with E-state index in [1.54, 1.807) is 0 Å². The van der Waals surface area contributed by atoms with Crippen LogP contribution in [0.15, 0.2) is 0 Å². The van der Waals surface area contributed by atoms with E-state index < -0.39 is 0 Å². The summed E-state index contributed by atoms with van der Waals surface area (Å²) in [5, 5.41) is 12.5. The Hall–Kier alpha value is -1.30. The van der Waals surface area contributed by atoms with Gasteiger partial charge in [-0.15, -0.1) is 0 Å². The van der Waals surface area contributed by atoms with E-state index in [9.17, 15) is 14.7 Å². The molecule has 2 fully saturated rings. The van der Waals surface area contributed by atoms with Crippen LogP contribution in [0.4, 0.5) is 4.79 Å². The Morgan fingerprint density at radius 1 is 1.03 bits per heavy atom. The van der Waals surface area contributed by atoms with Crippen LogP contribution in [0.25, 0.3) is 0 Å². The summed E-state index contributed by atoms with van der Waals surface area (Å²) in [5.74, 6) is 0.839. The van der Waals surface area contributed by atoms with Gasteiger partial charge in [0.15, 0.2) is 0 Å². The van der Waals surface area contributed by atoms with Crippen LogP contribution in [0.1, 0.15) is 90.9 Å². The lowest BCUT2D eigenvalue weighted by Gasteiger charge is -2.35. The first-order chi connectivity index (χ1) is 14.0. The molecule has 0 heterocycles. The molecule has 0 bridgehead atoms. The number of amides is 2. The molecule has 0 spiro atoms. The van der Waals surface area contributed by atoms with Crippen molar-refractivity contribution >= 4 is 12.0 Å². The van der Waals surface area contributed by atoms with Crippen LogP contribution in [0.2, 0.25) is 0 Å². The standard InChI is InChI=1S/C23H42N2O4/c1-18(2)17-29-23(28)24-21(19-9-5-3-6-10-19)13-14-22(27)25(15-16-26)20-11-7-4-8-12-20/h18-21,26H,3-17H2,1-2H3,(H,24,28). The van der Waals surface area contributed by atoms with Crippen molar-refractivity contribution in [3.8, 4) is 0 Å². The van der Waals surface area contributed by atoms with E-state index in [1.807, 2.05) is 18.7 Å². The van der Waals surface area contributed by atoms with E-state index >= 15 is 0 Å². The number of hydrogen-bond acceptors (Lipinski definition) is 4. The number of nitrogens with zero attached hydrogens (tertiary/aromatic N) is 1. The van der Waals surface area contributed by atoms with Gasteiger partial charge in [-0.2, -0.15) is 0 Å². The van der Waals surface area contributed by atoms with Crippen LogP contribution in [0, 0.1) is 11.8 Å². The summed E-state index contributed by atoms with van der Waals surface area (Å²) in [4.78, 5) is 27.2. The van der Waals surface area contributed by atoms with Gasteiger partial charge in [-0.25, -0.2) is 4.79 Å². The molecule has 6 nitrogen and oxygen atoms in total. The highest BCUT2D eigenvalue weighted by atomic mass is 16.5. The Labute approximate surface area is 176 Å². The van der Waals surface area contributed by atoms with Gasteiger partial charge in [0.2, 0.25) is 5.91 Å². The van der Waals surface area contributed by atoms with Gasteiger partial charge in [0.25, 0.3) is 0 Å². The third-order valence-electron chi connectivity index (χ3n) is 6.42. The topological polar surface area (TPSA) is 78.9 Å². The van der Waals surface area contributed by atoms with Crippen molar-refractivity contribution in [1.82, 2.24) is 10.2 Å². The molecular weight excluding hydrogens is 368 g/mol. The molecule has 2 aliphatic rings. The molecule has 6 heteroatoms. The zero-order valence-corrected chi connectivity index (χ0v) is 18.5. The molecule has 29 heavy (non-hydrogen) atoms. The third kappa shape index (κ3) is 8.53. The number of aliphatic hydroxyl groups is 1. The fraction of sp³-hybridized carbons (Fsp3) is 0.913. The van der Waals surface area contributed by atoms with E-state index in [-0.39, 0.29) is 30.7 Å². The fourth-order valence-corrected chi connectivity index (χ4v) is 4.83. The molecule has 2 aliphatic carbocycles. The van der Waals surface area contributed by atoms with Gasteiger partial charge in [0.05, 0.1) is 13.2 Å². The van der Waals surface area contributed by atoms with Gasteiger partial charge in [0.1, 0.15) is 0 Å². The zero-order valence-electron chi connectivity index (χ0n) is 18.5. The maximum absolute atomic E-state index is 13.0. The monoisotopic (exact) mass is 410 g/mol. The Balaban J connectivity index is 1.93. The van der Waals surface area contributed by atoms with Gasteiger partial charge in [0, 0.05) is 25.0 Å². The van der Waals surface area contributed by atoms with E-state index in [2.05, 4.69) is 5.32 Å². The van der Waals surface area contributed by atoms with Crippen LogP contribution in [-0.4, -0.2) is 53.8 Å². The third-order valence-corrected chi connectivity index (χ3v) is 6.42. The lowest BCUT2D eigenvalue weighted by Crippen LogP contribution is -2.45. The predicted molar refractivity (Wildman–Crippen MR) is 115 cm³/mol. The van der Waals surface area contributed by atoms with Gasteiger partial charge < -0.3 is 20.1 Å². The number of ether oxygens (including phenoxy) is 1. The number of nitrogens with one attached hydrogen (secondary N) is 1. The van der Waals surface area contributed by atoms with E-state index in [1.165, 1.54) is 25.7 Å². The van der Waals surface area contributed by atoms with Crippen molar-refractivity contribution in [3.63, 3.8) is 0 Å². The summed E-state index contributed by atoms with van der Waals surface area (Å²) in [6.07, 6.45) is 12.2. The van der Waals surface area contributed by atoms with Crippen molar-refractivity contribution in [2.45, 2.75) is 103 Å². The average molecular weight is 411 g/mol. The fourth-order valence-electron chi connectivity index (χ4n) is 4.83. The Kier molecular flexibility index (Phi) is 10.8. The Morgan fingerprint density at radius 2 is 1.66 bits per heavy atom. The van der Waals surface area contributed by atoms with Gasteiger partial charge in [-0.1, -0.05) is 52.4 Å². The van der Waals surface area contributed by atoms with E-state index in [4.69, 9.17) is 4.74 Å². The first-order valence-corrected chi connectivity index (χ1v) is 11.8. The quantitative estimate of drug-likeness (QED) is 0.564. The highest BCUT2D eigenvalue weighted by molar-refractivity contribution is 5.76. The number of carbonyl (C=O) groups excluding carboxylic acids is 2. The minimum absolute atomic E-state index is 0.00801. The van der Waals surface area contributed by atoms with E-state index in [0.29, 0.717) is 37.8 Å². The second-order valence-corrected chi connectivity index (χ2v) is 9.28. The lowest BCUT2D eigenvalue weighted by atomic mass is 9.82. The molecule has 0 aliphatic heterocycles. The Morgan fingerprint density at radius 3 is 2.24 bits per heavy atom. The van der Waals surface area contributed by atoms with Crippen molar-refractivity contribution in [3.05, 3.63) is 0 Å². The number of aliphatic hydroxyl groups excluding tert-OH is 1. The maximum atomic E-state index is 13.0. The molecule has 2 amide bonds. The molecule has 0 aromatic carbocycles. The summed E-state index contributed by atoms with van der Waals surface area (Å²) in [6.45, 7) is 4.88. The molecule has 1 atom stereocenters. The molecule has 168 valence electrons. The van der Waals surface area contributed by atoms with Crippen molar-refractivity contribution in [1.29, 1.82) is 0 Å². The lowest BCUT2D eigenvalue weighted by molar-refractivity contribution is -0.135. The van der Waals surface area contributed by atoms with Gasteiger partial charge >= 0.3 is 6.09 Å². The molecule has 2 N–H and O–H groups in total. The molecule has 2 saturated carbocycles. The van der Waals surface area contributed by atoms with Crippen molar-refractivity contribution < 1.29 is 19.4 Å². The van der Waals surface area contributed by atoms with Crippen LogP contribution in [0.3, 0.4) is 0 Å². The highest BCUT2D eigenvalue weighted by Gasteiger charge is 2.29. The zero-order chi connectivity index (χ0) is 21.1. The molecule has 0 saturated heterocycles. The van der Waals surface area contributed by atoms with E-state index in [0.717, 1.165) is 38.5 Å². The van der Waals surface area contributed by atoms with Gasteiger partial charge in [-0.05, 0) is 43.9 Å². The predicted octanol–water partition coefficient (Wildman–Crippen LogP) is 4.25. The summed E-state index contributed by atoms with van der Waals surface area (Å²) in [7, 11) is 0. The van der Waals surface area contributed by atoms with Gasteiger partial charge in [-0.3, -0.25) is 4.79 Å². The minimum Gasteiger partial charge on any atom is -0.449 e. The summed E-state index contributed by atoms with van der Waals surface area (Å²) >= 11 is 0. The summed E-state index contributed by atoms with van der Waals surface area (Å²) in [5.41, 5.74) is 0. The molecular formula is C23H42N2O4. The Bertz CT molecular complexity index is 485. The smallest absolute Gasteiger partial charge is 0.407 e. The van der Waals surface area contributed by atoms with Crippen LogP contribution >= 0.6 is 0 Å². The maximum Gasteiger partial charge on any atom is 0.407 e. The second kappa shape index (κ2) is 13.1. The largest absolute Gasteiger partial charge is 0.449 e. The molecule has 0 aromatic rings. The summed E-state index contributed by atoms with van der Waals surface area (Å²) in [6, 6.07) is 0.252. The van der Waals surface area contributed by atoms with Crippen LogP contribution in [-0.2, 0) is 9.53 Å². The van der Waals surface area contributed by atoms with Crippen molar-refractivity contribution in [2.24, 2.45) is 11.8 Å². The number of carbonyl (C=O) groups is 2. The minimum atomic E-state index is -0.360. The number of hydrogen-bond donors (Lipinski definition) is 2. The first kappa shape index (κ1) is 24.0. The molecule has 2 rings (SSSR count). The van der Waals surface area contributed by atoms with Crippen molar-refractivity contribution in [2.75, 3.05) is 19.8 Å². The SMILES string of the molecule is CC(C)COC(=O)NC(CCC(=O)N(CCO)C1CCCCC1)C1CCCCC1. The normalized spacial score (nSPS) is 19.7. The molecule has 1 unspecified atom stereocenters. The van der Waals surface area contributed by atoms with Crippen LogP contribution in [0.5, 0.6) is 0 Å². The molecule has 0 radical (unpaired) electrons. The first-order valence-electron chi connectivity index (χ1n) is 11.8. The van der Waals surface area contributed by atoms with Crippen LogP contribution < -0.4 is 5.32 Å². The number of rotatable bonds is 10. The second-order valence-electron chi connectivity index (χ2n) is 9.28.